The molecule has 6 nitrogen and oxygen atoms in total. The predicted octanol–water partition coefficient (Wildman–Crippen LogP) is 2.22. The highest BCUT2D eigenvalue weighted by atomic mass is 31.2. The summed E-state index contributed by atoms with van der Waals surface area (Å²) in [6, 6.07) is 9.34. The quantitative estimate of drug-likeness (QED) is 0.621. The van der Waals surface area contributed by atoms with Crippen molar-refractivity contribution in [3.63, 3.8) is 0 Å². The van der Waals surface area contributed by atoms with E-state index in [2.05, 4.69) is 0 Å². The summed E-state index contributed by atoms with van der Waals surface area (Å²) in [6.45, 7) is 3.08. The third kappa shape index (κ3) is 6.12. The summed E-state index contributed by atoms with van der Waals surface area (Å²) in [4.78, 5) is 34.3. The first-order chi connectivity index (χ1) is 9.29. The zero-order chi connectivity index (χ0) is 15.2. The summed E-state index contributed by atoms with van der Waals surface area (Å²) in [7, 11) is -4.22. The molecule has 1 atom stereocenters. The lowest BCUT2D eigenvalue weighted by molar-refractivity contribution is -0.199. The predicted molar refractivity (Wildman–Crippen MR) is 74.5 cm³/mol. The summed E-state index contributed by atoms with van der Waals surface area (Å²) < 4.78 is 10.7. The number of amides is 1. The van der Waals surface area contributed by atoms with E-state index >= 15 is 0 Å². The normalized spacial score (nSPS) is 13.4. The summed E-state index contributed by atoms with van der Waals surface area (Å²) in [6.07, 6.45) is 0.864. The number of hydrogen-bond acceptors (Lipinski definition) is 3. The maximum Gasteiger partial charge on any atom is 0.348 e. The first kappa shape index (κ1) is 16.6. The molecule has 1 rings (SSSR count). The van der Waals surface area contributed by atoms with Crippen molar-refractivity contribution in [2.45, 2.75) is 20.0 Å². The Morgan fingerprint density at radius 1 is 1.40 bits per heavy atom. The van der Waals surface area contributed by atoms with Gasteiger partial charge < -0.3 is 9.79 Å². The molecule has 1 aromatic rings. The number of hydrogen-bond donors (Lipinski definition) is 2. The lowest BCUT2D eigenvalue weighted by Crippen LogP contribution is -2.30. The summed E-state index contributed by atoms with van der Waals surface area (Å²) in [5.74, 6) is 0.405. The summed E-state index contributed by atoms with van der Waals surface area (Å²) in [5.41, 5.74) is 0.901. The van der Waals surface area contributed by atoms with Gasteiger partial charge in [-0.1, -0.05) is 36.4 Å². The van der Waals surface area contributed by atoms with Gasteiger partial charge in [0, 0.05) is 12.7 Å². The van der Waals surface area contributed by atoms with Crippen LogP contribution in [0.15, 0.2) is 42.2 Å². The fraction of sp³-hybridized carbons (Fsp3) is 0.308. The third-order valence-corrected chi connectivity index (χ3v) is 3.08. The van der Waals surface area contributed by atoms with Gasteiger partial charge in [-0.2, -0.15) is 0 Å². The highest BCUT2D eigenvalue weighted by Gasteiger charge is 2.14. The Morgan fingerprint density at radius 3 is 2.50 bits per heavy atom. The molecule has 2 N–H and O–H groups in total. The van der Waals surface area contributed by atoms with E-state index in [1.165, 1.54) is 13.0 Å². The highest BCUT2D eigenvalue weighted by molar-refractivity contribution is 7.55. The van der Waals surface area contributed by atoms with Crippen molar-refractivity contribution in [3.8, 4) is 0 Å². The average molecular weight is 299 g/mol. The smallest absolute Gasteiger partial charge is 0.321 e. The van der Waals surface area contributed by atoms with Crippen LogP contribution in [0.3, 0.4) is 0 Å². The second kappa shape index (κ2) is 7.36. The van der Waals surface area contributed by atoms with Crippen molar-refractivity contribution >= 4 is 13.5 Å². The van der Waals surface area contributed by atoms with Gasteiger partial charge in [-0.05, 0) is 12.5 Å². The lowest BCUT2D eigenvalue weighted by Gasteiger charge is -2.23. The minimum atomic E-state index is -4.22. The number of hydroxylamine groups is 2. The Bertz CT molecular complexity index is 511. The fourth-order valence-corrected chi connectivity index (χ4v) is 1.87. The molecule has 0 bridgehead atoms. The Morgan fingerprint density at radius 2 is 2.00 bits per heavy atom. The first-order valence-electron chi connectivity index (χ1n) is 6.02. The second-order valence-electron chi connectivity index (χ2n) is 4.21. The van der Waals surface area contributed by atoms with Crippen LogP contribution in [0.2, 0.25) is 0 Å². The first-order valence-corrected chi connectivity index (χ1v) is 7.70. The molecule has 1 amide bonds. The van der Waals surface area contributed by atoms with Gasteiger partial charge in [-0.15, -0.1) is 0 Å². The maximum absolute atomic E-state index is 11.4. The van der Waals surface area contributed by atoms with E-state index in [0.29, 0.717) is 0 Å². The Balaban J connectivity index is 2.66. The van der Waals surface area contributed by atoms with E-state index in [4.69, 9.17) is 14.6 Å². The van der Waals surface area contributed by atoms with Crippen molar-refractivity contribution in [1.82, 2.24) is 5.06 Å². The van der Waals surface area contributed by atoms with Crippen LogP contribution >= 0.6 is 7.60 Å². The number of rotatable bonds is 6. The molecule has 0 aliphatic rings. The monoisotopic (exact) mass is 299 g/mol. The molecule has 1 unspecified atom stereocenters. The van der Waals surface area contributed by atoms with E-state index in [0.717, 1.165) is 16.4 Å². The molecule has 0 aromatic heterocycles. The minimum absolute atomic E-state index is 0.0301. The van der Waals surface area contributed by atoms with Crippen LogP contribution in [0.25, 0.3) is 0 Å². The van der Waals surface area contributed by atoms with Crippen LogP contribution < -0.4 is 0 Å². The van der Waals surface area contributed by atoms with Crippen molar-refractivity contribution in [2.24, 2.45) is 0 Å². The van der Waals surface area contributed by atoms with Gasteiger partial charge in [0.2, 0.25) is 5.91 Å². The molecule has 0 saturated heterocycles. The average Bonchev–Trinajstić information content (AvgIpc) is 2.37. The molecule has 0 heterocycles. The molecule has 110 valence electrons. The van der Waals surface area contributed by atoms with Crippen LogP contribution in [-0.2, 0) is 14.2 Å². The number of carbonyl (C=O) groups is 1. The van der Waals surface area contributed by atoms with Crippen molar-refractivity contribution in [1.29, 1.82) is 0 Å². The second-order valence-corrected chi connectivity index (χ2v) is 5.69. The largest absolute Gasteiger partial charge is 0.348 e. The fourth-order valence-electron chi connectivity index (χ4n) is 1.50. The third-order valence-electron chi connectivity index (χ3n) is 2.48. The Kier molecular flexibility index (Phi) is 6.10. The maximum atomic E-state index is 11.4. The molecule has 1 aromatic carbocycles. The van der Waals surface area contributed by atoms with Gasteiger partial charge in [0.25, 0.3) is 0 Å². The minimum Gasteiger partial charge on any atom is -0.321 e. The van der Waals surface area contributed by atoms with Crippen LogP contribution in [0.4, 0.5) is 0 Å². The van der Waals surface area contributed by atoms with Crippen LogP contribution in [0.1, 0.15) is 25.5 Å². The summed E-state index contributed by atoms with van der Waals surface area (Å²) >= 11 is 0. The van der Waals surface area contributed by atoms with E-state index in [1.807, 2.05) is 30.3 Å². The SMILES string of the molecule is CC(=O)N(C/C=C/P(=O)(O)O)OC(C)c1ccccc1. The topological polar surface area (TPSA) is 87.1 Å². The van der Waals surface area contributed by atoms with E-state index in [-0.39, 0.29) is 18.6 Å². The van der Waals surface area contributed by atoms with Gasteiger partial charge in [0.15, 0.2) is 0 Å². The van der Waals surface area contributed by atoms with Crippen LogP contribution in [0.5, 0.6) is 0 Å². The van der Waals surface area contributed by atoms with E-state index in [9.17, 15) is 9.36 Å². The molecule has 0 aliphatic carbocycles. The molecule has 0 spiro atoms. The molecule has 7 heteroatoms. The highest BCUT2D eigenvalue weighted by Crippen LogP contribution is 2.35. The van der Waals surface area contributed by atoms with Crippen molar-refractivity contribution in [3.05, 3.63) is 47.8 Å². The van der Waals surface area contributed by atoms with E-state index in [1.54, 1.807) is 6.92 Å². The van der Waals surface area contributed by atoms with Gasteiger partial charge in [0.05, 0.1) is 6.54 Å². The van der Waals surface area contributed by atoms with E-state index < -0.39 is 7.60 Å². The number of benzene rings is 1. The molecular formula is C13H18NO5P. The van der Waals surface area contributed by atoms with Gasteiger partial charge in [-0.25, -0.2) is 5.06 Å². The summed E-state index contributed by atoms with van der Waals surface area (Å²) in [5, 5.41) is 1.06. The van der Waals surface area contributed by atoms with Gasteiger partial charge in [-0.3, -0.25) is 14.2 Å². The molecule has 0 aliphatic heterocycles. The molecule has 0 fully saturated rings. The lowest BCUT2D eigenvalue weighted by atomic mass is 10.1. The number of nitrogens with zero attached hydrogens (tertiary/aromatic N) is 1. The van der Waals surface area contributed by atoms with Crippen molar-refractivity contribution < 1.29 is 24.0 Å². The zero-order valence-corrected chi connectivity index (χ0v) is 12.2. The molecular weight excluding hydrogens is 281 g/mol. The molecule has 0 saturated carbocycles. The van der Waals surface area contributed by atoms with Crippen molar-refractivity contribution in [2.75, 3.05) is 6.54 Å². The standard InChI is InChI=1S/C13H18NO5P/c1-11(13-7-4-3-5-8-13)19-14(12(2)15)9-6-10-20(16,17)18/h3-8,10-11H,9H2,1-2H3,(H2,16,17,18)/b10-6+. The zero-order valence-electron chi connectivity index (χ0n) is 11.3. The van der Waals surface area contributed by atoms with Gasteiger partial charge >= 0.3 is 7.60 Å². The van der Waals surface area contributed by atoms with Crippen LogP contribution in [-0.4, -0.2) is 27.3 Å². The number of carbonyl (C=O) groups excluding carboxylic acids is 1. The molecule has 0 radical (unpaired) electrons. The Hall–Kier alpha value is -1.46. The van der Waals surface area contributed by atoms with Crippen LogP contribution in [0, 0.1) is 0 Å². The molecule has 20 heavy (non-hydrogen) atoms. The van der Waals surface area contributed by atoms with Gasteiger partial charge in [0.1, 0.15) is 6.10 Å². The Labute approximate surface area is 117 Å².